The van der Waals surface area contributed by atoms with Crippen molar-refractivity contribution in [3.63, 3.8) is 0 Å². The molecule has 2 aromatic carbocycles. The molecule has 20 heavy (non-hydrogen) atoms. The van der Waals surface area contributed by atoms with Gasteiger partial charge in [0.1, 0.15) is 11.5 Å². The van der Waals surface area contributed by atoms with E-state index >= 15 is 0 Å². The van der Waals surface area contributed by atoms with E-state index in [4.69, 9.17) is 19.7 Å². The zero-order valence-corrected chi connectivity index (χ0v) is 10.4. The predicted molar refractivity (Wildman–Crippen MR) is 70.2 cm³/mol. The number of carbonyl (C=O) groups is 2. The molecule has 0 saturated heterocycles. The summed E-state index contributed by atoms with van der Waals surface area (Å²) in [4.78, 5) is 20.8. The number of hydrogen-bond donors (Lipinski definition) is 2. The van der Waals surface area contributed by atoms with Crippen molar-refractivity contribution >= 4 is 22.7 Å². The average molecular weight is 276 g/mol. The van der Waals surface area contributed by atoms with E-state index in [-0.39, 0.29) is 0 Å². The topological polar surface area (TPSA) is 93.1 Å². The van der Waals surface area contributed by atoms with Gasteiger partial charge in [0.15, 0.2) is 13.2 Å². The number of ether oxygens (including phenoxy) is 2. The third-order valence-corrected chi connectivity index (χ3v) is 2.51. The molecule has 0 fully saturated rings. The largest absolute Gasteiger partial charge is 0.482 e. The molecule has 0 unspecified atom stereocenters. The van der Waals surface area contributed by atoms with Gasteiger partial charge >= 0.3 is 11.9 Å². The Kier molecular flexibility index (Phi) is 4.05. The Morgan fingerprint density at radius 2 is 1.20 bits per heavy atom. The number of rotatable bonds is 6. The van der Waals surface area contributed by atoms with Crippen molar-refractivity contribution in [2.45, 2.75) is 0 Å². The van der Waals surface area contributed by atoms with E-state index in [0.717, 1.165) is 10.8 Å². The number of carboxylic acid groups (broad SMARTS) is 2. The molecule has 2 N–H and O–H groups in total. The highest BCUT2D eigenvalue weighted by atomic mass is 16.5. The van der Waals surface area contributed by atoms with E-state index in [1.54, 1.807) is 36.4 Å². The molecular formula is C14H12O6. The van der Waals surface area contributed by atoms with Crippen LogP contribution in [0, 0.1) is 0 Å². The SMILES string of the molecule is O=C(O)COc1ccc2cc(OCC(=O)O)ccc2c1. The zero-order chi connectivity index (χ0) is 14.5. The molecule has 0 aliphatic heterocycles. The van der Waals surface area contributed by atoms with Gasteiger partial charge in [-0.3, -0.25) is 0 Å². The Morgan fingerprint density at radius 3 is 1.55 bits per heavy atom. The number of fused-ring (bicyclic) bond motifs is 1. The molecular weight excluding hydrogens is 264 g/mol. The van der Waals surface area contributed by atoms with Gasteiger partial charge in [0.05, 0.1) is 0 Å². The molecule has 2 aromatic rings. The molecule has 2 rings (SSSR count). The molecule has 104 valence electrons. The molecule has 0 amide bonds. The lowest BCUT2D eigenvalue weighted by atomic mass is 10.1. The normalized spacial score (nSPS) is 10.2. The maximum absolute atomic E-state index is 10.4. The van der Waals surface area contributed by atoms with Crippen molar-refractivity contribution in [2.75, 3.05) is 13.2 Å². The standard InChI is InChI=1S/C14H12O6/c15-13(16)7-19-11-3-1-9-5-12(20-8-14(17)18)4-2-10(9)6-11/h1-6H,7-8H2,(H,15,16)(H,17,18). The van der Waals surface area contributed by atoms with Gasteiger partial charge in [0.25, 0.3) is 0 Å². The Hall–Kier alpha value is -2.76. The van der Waals surface area contributed by atoms with Gasteiger partial charge in [-0.25, -0.2) is 9.59 Å². The smallest absolute Gasteiger partial charge is 0.341 e. The maximum Gasteiger partial charge on any atom is 0.341 e. The Morgan fingerprint density at radius 1 is 0.800 bits per heavy atom. The summed E-state index contributed by atoms with van der Waals surface area (Å²) in [6, 6.07) is 10.2. The second-order valence-corrected chi connectivity index (χ2v) is 4.04. The van der Waals surface area contributed by atoms with E-state index in [1.807, 2.05) is 0 Å². The fourth-order valence-electron chi connectivity index (χ4n) is 1.67. The van der Waals surface area contributed by atoms with Crippen molar-refractivity contribution < 1.29 is 29.3 Å². The molecule has 0 bridgehead atoms. The number of hydrogen-bond acceptors (Lipinski definition) is 4. The van der Waals surface area contributed by atoms with Crippen LogP contribution in [0.3, 0.4) is 0 Å². The summed E-state index contributed by atoms with van der Waals surface area (Å²) in [6.07, 6.45) is 0. The first-order valence-electron chi connectivity index (χ1n) is 5.77. The van der Waals surface area contributed by atoms with Gasteiger partial charge in [-0.05, 0) is 35.0 Å². The van der Waals surface area contributed by atoms with Crippen LogP contribution in [-0.2, 0) is 9.59 Å². The minimum Gasteiger partial charge on any atom is -0.482 e. The van der Waals surface area contributed by atoms with Crippen molar-refractivity contribution in [2.24, 2.45) is 0 Å². The summed E-state index contributed by atoms with van der Waals surface area (Å²) < 4.78 is 10.2. The molecule has 0 atom stereocenters. The minimum absolute atomic E-state index is 0.398. The maximum atomic E-state index is 10.4. The highest BCUT2D eigenvalue weighted by Crippen LogP contribution is 2.25. The second-order valence-electron chi connectivity index (χ2n) is 4.04. The van der Waals surface area contributed by atoms with Crippen molar-refractivity contribution in [3.05, 3.63) is 36.4 Å². The molecule has 0 aliphatic rings. The fourth-order valence-corrected chi connectivity index (χ4v) is 1.67. The van der Waals surface area contributed by atoms with E-state index in [2.05, 4.69) is 0 Å². The lowest BCUT2D eigenvalue weighted by molar-refractivity contribution is -0.140. The van der Waals surface area contributed by atoms with Crippen LogP contribution in [-0.4, -0.2) is 35.4 Å². The second kappa shape index (κ2) is 5.92. The van der Waals surface area contributed by atoms with Crippen LogP contribution in [0.4, 0.5) is 0 Å². The van der Waals surface area contributed by atoms with Crippen molar-refractivity contribution in [3.8, 4) is 11.5 Å². The van der Waals surface area contributed by atoms with Crippen LogP contribution in [0.25, 0.3) is 10.8 Å². The first-order chi connectivity index (χ1) is 9.54. The van der Waals surface area contributed by atoms with Crippen molar-refractivity contribution in [1.29, 1.82) is 0 Å². The molecule has 0 radical (unpaired) electrons. The molecule has 0 heterocycles. The van der Waals surface area contributed by atoms with Gasteiger partial charge < -0.3 is 19.7 Å². The molecule has 0 saturated carbocycles. The Bertz CT molecular complexity index is 592. The quantitative estimate of drug-likeness (QED) is 0.835. The third-order valence-electron chi connectivity index (χ3n) is 2.51. The zero-order valence-electron chi connectivity index (χ0n) is 10.4. The van der Waals surface area contributed by atoms with E-state index < -0.39 is 25.2 Å². The summed E-state index contributed by atoms with van der Waals surface area (Å²) in [5.74, 6) is -1.16. The average Bonchev–Trinajstić information content (AvgIpc) is 2.42. The number of aliphatic carboxylic acids is 2. The van der Waals surface area contributed by atoms with Gasteiger partial charge in [0.2, 0.25) is 0 Å². The minimum atomic E-state index is -1.04. The van der Waals surface area contributed by atoms with Crippen LogP contribution in [0.1, 0.15) is 0 Å². The van der Waals surface area contributed by atoms with Crippen molar-refractivity contribution in [1.82, 2.24) is 0 Å². The first-order valence-corrected chi connectivity index (χ1v) is 5.77. The van der Waals surface area contributed by atoms with Crippen LogP contribution >= 0.6 is 0 Å². The summed E-state index contributed by atoms with van der Waals surface area (Å²) in [5.41, 5.74) is 0. The van der Waals surface area contributed by atoms with E-state index in [0.29, 0.717) is 11.5 Å². The predicted octanol–water partition coefficient (Wildman–Crippen LogP) is 1.77. The molecule has 0 spiro atoms. The summed E-state index contributed by atoms with van der Waals surface area (Å²) in [5, 5.41) is 18.8. The van der Waals surface area contributed by atoms with Gasteiger partial charge in [-0.15, -0.1) is 0 Å². The lowest BCUT2D eigenvalue weighted by Gasteiger charge is -2.07. The summed E-state index contributed by atoms with van der Waals surface area (Å²) in [6.45, 7) is -0.795. The van der Waals surface area contributed by atoms with E-state index in [1.165, 1.54) is 0 Å². The summed E-state index contributed by atoms with van der Waals surface area (Å²) in [7, 11) is 0. The molecule has 0 aliphatic carbocycles. The highest BCUT2D eigenvalue weighted by molar-refractivity contribution is 5.85. The third kappa shape index (κ3) is 3.61. The van der Waals surface area contributed by atoms with E-state index in [9.17, 15) is 9.59 Å². The Balaban J connectivity index is 2.16. The fraction of sp³-hybridized carbons (Fsp3) is 0.143. The Labute approximate surface area is 114 Å². The van der Waals surface area contributed by atoms with Gasteiger partial charge in [-0.2, -0.15) is 0 Å². The monoisotopic (exact) mass is 276 g/mol. The molecule has 6 heteroatoms. The lowest BCUT2D eigenvalue weighted by Crippen LogP contribution is -2.09. The van der Waals surface area contributed by atoms with Gasteiger partial charge in [-0.1, -0.05) is 12.1 Å². The number of carboxylic acids is 2. The highest BCUT2D eigenvalue weighted by Gasteiger charge is 2.03. The van der Waals surface area contributed by atoms with Crippen LogP contribution in [0.2, 0.25) is 0 Å². The van der Waals surface area contributed by atoms with Gasteiger partial charge in [0, 0.05) is 0 Å². The van der Waals surface area contributed by atoms with Crippen LogP contribution in [0.15, 0.2) is 36.4 Å². The molecule has 0 aromatic heterocycles. The first kappa shape index (κ1) is 13.7. The molecule has 6 nitrogen and oxygen atoms in total. The van der Waals surface area contributed by atoms with Crippen LogP contribution in [0.5, 0.6) is 11.5 Å². The van der Waals surface area contributed by atoms with Crippen LogP contribution < -0.4 is 9.47 Å². The summed E-state index contributed by atoms with van der Waals surface area (Å²) >= 11 is 0. The number of benzene rings is 2.